The predicted octanol–water partition coefficient (Wildman–Crippen LogP) is 0.197. The zero-order valence-corrected chi connectivity index (χ0v) is 14.8. The quantitative estimate of drug-likeness (QED) is 0.659. The van der Waals surface area contributed by atoms with Gasteiger partial charge in [-0.25, -0.2) is 9.78 Å². The molecule has 1 aliphatic heterocycles. The molecule has 0 bridgehead atoms. The molecular formula is C14H19Cl2N5O3. The molecule has 1 fully saturated rings. The molecule has 1 amide bonds. The fraction of sp³-hybridized carbons (Fsp3) is 0.429. The Morgan fingerprint density at radius 2 is 2.00 bits per heavy atom. The van der Waals surface area contributed by atoms with Gasteiger partial charge in [0.05, 0.1) is 5.39 Å². The van der Waals surface area contributed by atoms with E-state index in [0.29, 0.717) is 24.0 Å². The van der Waals surface area contributed by atoms with Crippen LogP contribution >= 0.6 is 24.8 Å². The number of fused-ring (bicyclic) bond motifs is 1. The van der Waals surface area contributed by atoms with E-state index in [0.717, 1.165) is 6.54 Å². The normalized spacial score (nSPS) is 17.1. The summed E-state index contributed by atoms with van der Waals surface area (Å²) in [6, 6.07) is 1.81. The molecule has 2 aromatic heterocycles. The lowest BCUT2D eigenvalue weighted by Crippen LogP contribution is -2.51. The fourth-order valence-corrected chi connectivity index (χ4v) is 2.74. The Hall–Kier alpha value is -1.90. The minimum Gasteiger partial charge on any atom is -0.334 e. The van der Waals surface area contributed by atoms with Crippen LogP contribution in [-0.2, 0) is 0 Å². The number of hydrogen-bond acceptors (Lipinski definition) is 5. The molecule has 0 radical (unpaired) electrons. The van der Waals surface area contributed by atoms with Crippen LogP contribution in [0.2, 0.25) is 0 Å². The van der Waals surface area contributed by atoms with Crippen molar-refractivity contribution in [1.82, 2.24) is 25.2 Å². The lowest BCUT2D eigenvalue weighted by atomic mass is 10.1. The Morgan fingerprint density at radius 1 is 1.29 bits per heavy atom. The monoisotopic (exact) mass is 375 g/mol. The first kappa shape index (κ1) is 20.1. The van der Waals surface area contributed by atoms with Crippen molar-refractivity contribution in [2.45, 2.75) is 19.9 Å². The maximum absolute atomic E-state index is 12.6. The van der Waals surface area contributed by atoms with Gasteiger partial charge < -0.3 is 10.2 Å². The molecule has 0 aliphatic carbocycles. The fourth-order valence-electron chi connectivity index (χ4n) is 2.74. The molecule has 24 heavy (non-hydrogen) atoms. The average Bonchev–Trinajstić information content (AvgIpc) is 2.45. The number of aromatic nitrogens is 3. The van der Waals surface area contributed by atoms with Gasteiger partial charge in [0.15, 0.2) is 0 Å². The van der Waals surface area contributed by atoms with Crippen molar-refractivity contribution in [1.29, 1.82) is 0 Å². The first-order valence-corrected chi connectivity index (χ1v) is 7.12. The third-order valence-electron chi connectivity index (χ3n) is 3.78. The lowest BCUT2D eigenvalue weighted by molar-refractivity contribution is 0.0703. The van der Waals surface area contributed by atoms with E-state index >= 15 is 0 Å². The number of nitrogens with one attached hydrogen (secondary N) is 3. The topological polar surface area (TPSA) is 111 Å². The lowest BCUT2D eigenvalue weighted by Gasteiger charge is -2.31. The summed E-state index contributed by atoms with van der Waals surface area (Å²) >= 11 is 0. The van der Waals surface area contributed by atoms with Crippen molar-refractivity contribution in [3.63, 3.8) is 0 Å². The average molecular weight is 376 g/mol. The molecule has 2 aromatic rings. The minimum absolute atomic E-state index is 0. The first-order valence-electron chi connectivity index (χ1n) is 7.12. The second kappa shape index (κ2) is 7.78. The van der Waals surface area contributed by atoms with E-state index in [-0.39, 0.29) is 48.1 Å². The van der Waals surface area contributed by atoms with Gasteiger partial charge in [0.25, 0.3) is 11.5 Å². The summed E-state index contributed by atoms with van der Waals surface area (Å²) in [5.41, 5.74) is -0.155. The summed E-state index contributed by atoms with van der Waals surface area (Å²) in [5.74, 6) is -0.195. The van der Waals surface area contributed by atoms with Gasteiger partial charge in [-0.3, -0.25) is 19.6 Å². The predicted molar refractivity (Wildman–Crippen MR) is 95.6 cm³/mol. The largest absolute Gasteiger partial charge is 0.334 e. The van der Waals surface area contributed by atoms with Crippen LogP contribution in [0, 0.1) is 6.92 Å². The Morgan fingerprint density at radius 3 is 2.67 bits per heavy atom. The Bertz CT molecular complexity index is 864. The second-order valence-corrected chi connectivity index (χ2v) is 5.56. The zero-order valence-electron chi connectivity index (χ0n) is 13.2. The van der Waals surface area contributed by atoms with E-state index in [1.807, 2.05) is 6.92 Å². The molecule has 1 aliphatic rings. The number of hydrogen-bond donors (Lipinski definition) is 3. The smallest absolute Gasteiger partial charge is 0.327 e. The molecule has 3 N–H and O–H groups in total. The van der Waals surface area contributed by atoms with Gasteiger partial charge in [0.1, 0.15) is 11.3 Å². The summed E-state index contributed by atoms with van der Waals surface area (Å²) in [6.07, 6.45) is 0. The summed E-state index contributed by atoms with van der Waals surface area (Å²) in [5, 5.41) is 3.56. The van der Waals surface area contributed by atoms with E-state index in [1.165, 1.54) is 0 Å². The highest BCUT2D eigenvalue weighted by atomic mass is 35.5. The molecule has 1 unspecified atom stereocenters. The van der Waals surface area contributed by atoms with Crippen LogP contribution in [0.4, 0.5) is 0 Å². The van der Waals surface area contributed by atoms with Gasteiger partial charge in [-0.2, -0.15) is 0 Å². The van der Waals surface area contributed by atoms with Crippen LogP contribution in [0.25, 0.3) is 11.0 Å². The van der Waals surface area contributed by atoms with Crippen molar-refractivity contribution in [3.05, 3.63) is 38.2 Å². The van der Waals surface area contributed by atoms with Gasteiger partial charge in [-0.1, -0.05) is 0 Å². The third-order valence-corrected chi connectivity index (χ3v) is 3.78. The molecule has 10 heteroatoms. The Kier molecular flexibility index (Phi) is 6.53. The van der Waals surface area contributed by atoms with Crippen LogP contribution in [0.15, 0.2) is 15.7 Å². The maximum atomic E-state index is 12.6. The van der Waals surface area contributed by atoms with Crippen molar-refractivity contribution < 1.29 is 4.79 Å². The van der Waals surface area contributed by atoms with Crippen molar-refractivity contribution in [2.75, 3.05) is 19.6 Å². The number of amides is 1. The number of H-pyrrole nitrogens is 2. The number of halogens is 2. The highest BCUT2D eigenvalue weighted by Gasteiger charge is 2.23. The van der Waals surface area contributed by atoms with Crippen molar-refractivity contribution in [3.8, 4) is 0 Å². The summed E-state index contributed by atoms with van der Waals surface area (Å²) < 4.78 is 0. The van der Waals surface area contributed by atoms with Gasteiger partial charge in [0, 0.05) is 25.7 Å². The van der Waals surface area contributed by atoms with Crippen molar-refractivity contribution >= 4 is 41.8 Å². The Balaban J connectivity index is 0.00000144. The molecule has 1 saturated heterocycles. The zero-order chi connectivity index (χ0) is 15.9. The van der Waals surface area contributed by atoms with E-state index in [1.54, 1.807) is 17.9 Å². The van der Waals surface area contributed by atoms with Crippen molar-refractivity contribution in [2.24, 2.45) is 0 Å². The highest BCUT2D eigenvalue weighted by Crippen LogP contribution is 2.13. The number of rotatable bonds is 1. The van der Waals surface area contributed by atoms with E-state index in [4.69, 9.17) is 0 Å². The molecule has 132 valence electrons. The van der Waals surface area contributed by atoms with Crippen LogP contribution in [0.3, 0.4) is 0 Å². The number of pyridine rings is 1. The van der Waals surface area contributed by atoms with Gasteiger partial charge in [-0.15, -0.1) is 24.8 Å². The number of carbonyl (C=O) groups excluding carboxylic acids is 1. The highest BCUT2D eigenvalue weighted by molar-refractivity contribution is 5.95. The first-order chi connectivity index (χ1) is 10.5. The number of aryl methyl sites for hydroxylation is 1. The van der Waals surface area contributed by atoms with Gasteiger partial charge in [0.2, 0.25) is 0 Å². The summed E-state index contributed by atoms with van der Waals surface area (Å²) in [7, 11) is 0. The van der Waals surface area contributed by atoms with Gasteiger partial charge in [-0.05, 0) is 25.5 Å². The van der Waals surface area contributed by atoms with Crippen LogP contribution in [-0.4, -0.2) is 51.4 Å². The minimum atomic E-state index is -0.634. The summed E-state index contributed by atoms with van der Waals surface area (Å²) in [6.45, 7) is 5.66. The van der Waals surface area contributed by atoms with Crippen LogP contribution in [0.5, 0.6) is 0 Å². The number of piperazine rings is 1. The molecule has 8 nitrogen and oxygen atoms in total. The molecule has 0 saturated carbocycles. The molecule has 1 atom stereocenters. The third kappa shape index (κ3) is 3.77. The SMILES string of the molecule is Cc1cc(C(=O)N2CCNC(C)C2)nc2[nH]c(=O)[nH]c(=O)c12.Cl.Cl. The molecule has 0 spiro atoms. The van der Waals surface area contributed by atoms with Crippen LogP contribution in [0.1, 0.15) is 23.0 Å². The van der Waals surface area contributed by atoms with E-state index in [9.17, 15) is 14.4 Å². The molecule has 0 aromatic carbocycles. The Labute approximate surface area is 149 Å². The number of carbonyl (C=O) groups is 1. The standard InChI is InChI=1S/C14H17N5O3.2ClH/c1-7-5-9(13(21)19-4-3-15-8(2)6-19)16-11-10(7)12(20)18-14(22)17-11;;/h5,8,15H,3-4,6H2,1-2H3,(H2,16,17,18,20,22);2*1H. The maximum Gasteiger partial charge on any atom is 0.327 e. The molecule has 3 rings (SSSR count). The van der Waals surface area contributed by atoms with E-state index in [2.05, 4.69) is 20.3 Å². The number of aromatic amines is 2. The second-order valence-electron chi connectivity index (χ2n) is 5.56. The molecule has 3 heterocycles. The molecular weight excluding hydrogens is 357 g/mol. The summed E-state index contributed by atoms with van der Waals surface area (Å²) in [4.78, 5) is 46.3. The van der Waals surface area contributed by atoms with E-state index < -0.39 is 11.2 Å². The number of nitrogens with zero attached hydrogens (tertiary/aromatic N) is 2. The van der Waals surface area contributed by atoms with Gasteiger partial charge >= 0.3 is 5.69 Å². The van der Waals surface area contributed by atoms with Crippen LogP contribution < -0.4 is 16.6 Å².